The lowest BCUT2D eigenvalue weighted by atomic mass is 10.2. The number of hydrogen-bond donors (Lipinski definition) is 0. The van der Waals surface area contributed by atoms with Gasteiger partial charge in [0.1, 0.15) is 13.7 Å². The van der Waals surface area contributed by atoms with Gasteiger partial charge in [0.2, 0.25) is 0 Å². The van der Waals surface area contributed by atoms with Crippen LogP contribution in [0, 0.1) is 11.5 Å². The van der Waals surface area contributed by atoms with Crippen LogP contribution in [0.15, 0.2) is 30.5 Å². The lowest BCUT2D eigenvalue weighted by Gasteiger charge is -2.19. The number of para-hydroxylation sites is 1. The summed E-state index contributed by atoms with van der Waals surface area (Å²) in [7, 11) is -1.47. The highest BCUT2D eigenvalue weighted by molar-refractivity contribution is 6.83. The molecule has 0 aliphatic heterocycles. The summed E-state index contributed by atoms with van der Waals surface area (Å²) in [5.74, 6) is 3.25. The molecule has 4 heteroatoms. The summed E-state index contributed by atoms with van der Waals surface area (Å²) >= 11 is 0. The van der Waals surface area contributed by atoms with E-state index in [-0.39, 0.29) is 6.09 Å². The lowest BCUT2D eigenvalue weighted by Crippen LogP contribution is -2.26. The molecule has 3 nitrogen and oxygen atoms in total. The van der Waals surface area contributed by atoms with E-state index in [2.05, 4.69) is 31.1 Å². The van der Waals surface area contributed by atoms with Gasteiger partial charge >= 0.3 is 6.09 Å². The molecule has 0 unspecified atom stereocenters. The number of ether oxygens (including phenoxy) is 1. The molecule has 2 aromatic rings. The van der Waals surface area contributed by atoms with Crippen LogP contribution in [0.5, 0.6) is 0 Å². The van der Waals surface area contributed by atoms with Crippen molar-refractivity contribution in [2.45, 2.75) is 46.0 Å². The minimum atomic E-state index is -1.47. The summed E-state index contributed by atoms with van der Waals surface area (Å²) in [5.41, 5.74) is 4.54. The molecule has 1 heterocycles. The number of fused-ring (bicyclic) bond motifs is 1. The molecule has 0 radical (unpaired) electrons. The van der Waals surface area contributed by atoms with Crippen LogP contribution in [0.25, 0.3) is 10.9 Å². The smallest absolute Gasteiger partial charge is 0.419 e. The zero-order valence-electron chi connectivity index (χ0n) is 14.2. The number of carbonyl (C=O) groups is 1. The molecule has 0 saturated heterocycles. The van der Waals surface area contributed by atoms with E-state index in [1.165, 1.54) is 0 Å². The Morgan fingerprint density at radius 1 is 1.18 bits per heavy atom. The third kappa shape index (κ3) is 4.02. The van der Waals surface area contributed by atoms with E-state index in [1.54, 1.807) is 10.8 Å². The van der Waals surface area contributed by atoms with E-state index in [1.807, 2.05) is 45.0 Å². The van der Waals surface area contributed by atoms with E-state index >= 15 is 0 Å². The standard InChI is InChI=1S/C18H23NO2Si/c1-18(2,3)21-17(20)19-13-14(11-12-22(4,5)6)15-9-7-8-10-16(15)19/h7-10,13H,1-6H3. The molecule has 116 valence electrons. The van der Waals surface area contributed by atoms with Gasteiger partial charge in [0.05, 0.1) is 11.1 Å². The van der Waals surface area contributed by atoms with Gasteiger partial charge in [-0.25, -0.2) is 4.79 Å². The maximum Gasteiger partial charge on any atom is 0.419 e. The Bertz CT molecular complexity index is 764. The average Bonchev–Trinajstić information content (AvgIpc) is 2.72. The molecule has 0 amide bonds. The number of hydrogen-bond acceptors (Lipinski definition) is 2. The Morgan fingerprint density at radius 3 is 2.41 bits per heavy atom. The van der Waals surface area contributed by atoms with Gasteiger partial charge in [0.25, 0.3) is 0 Å². The topological polar surface area (TPSA) is 31.2 Å². The van der Waals surface area contributed by atoms with Gasteiger partial charge in [0, 0.05) is 11.6 Å². The third-order valence-electron chi connectivity index (χ3n) is 2.87. The van der Waals surface area contributed by atoms with Crippen molar-refractivity contribution in [2.75, 3.05) is 0 Å². The van der Waals surface area contributed by atoms with Crippen molar-refractivity contribution in [3.63, 3.8) is 0 Å². The van der Waals surface area contributed by atoms with Crippen LogP contribution in [0.3, 0.4) is 0 Å². The minimum absolute atomic E-state index is 0.371. The molecule has 0 bridgehead atoms. The third-order valence-corrected chi connectivity index (χ3v) is 3.75. The van der Waals surface area contributed by atoms with Crippen molar-refractivity contribution in [3.8, 4) is 11.5 Å². The Balaban J connectivity index is 2.53. The van der Waals surface area contributed by atoms with Crippen LogP contribution in [0.2, 0.25) is 19.6 Å². The Labute approximate surface area is 133 Å². The summed E-state index contributed by atoms with van der Waals surface area (Å²) in [6.45, 7) is 12.2. The summed E-state index contributed by atoms with van der Waals surface area (Å²) in [5, 5.41) is 0.985. The molecule has 0 aliphatic carbocycles. The fraction of sp³-hybridized carbons (Fsp3) is 0.389. The molecule has 22 heavy (non-hydrogen) atoms. The van der Waals surface area contributed by atoms with Crippen LogP contribution in [-0.2, 0) is 4.74 Å². The first-order valence-corrected chi connectivity index (χ1v) is 10.9. The summed E-state index contributed by atoms with van der Waals surface area (Å²) in [6, 6.07) is 7.78. The van der Waals surface area contributed by atoms with E-state index < -0.39 is 13.7 Å². The predicted molar refractivity (Wildman–Crippen MR) is 93.8 cm³/mol. The van der Waals surface area contributed by atoms with Gasteiger partial charge in [-0.1, -0.05) is 43.8 Å². The second-order valence-electron chi connectivity index (χ2n) is 7.41. The molecule has 0 atom stereocenters. The highest BCUT2D eigenvalue weighted by atomic mass is 28.3. The largest absolute Gasteiger partial charge is 0.443 e. The van der Waals surface area contributed by atoms with Gasteiger partial charge < -0.3 is 4.74 Å². The molecular formula is C18H23NO2Si. The number of nitrogens with zero attached hydrogens (tertiary/aromatic N) is 1. The van der Waals surface area contributed by atoms with Crippen LogP contribution in [0.1, 0.15) is 26.3 Å². The first-order chi connectivity index (χ1) is 10.1. The molecule has 2 rings (SSSR count). The van der Waals surface area contributed by atoms with Gasteiger partial charge in [-0.2, -0.15) is 0 Å². The van der Waals surface area contributed by atoms with Crippen molar-refractivity contribution in [3.05, 3.63) is 36.0 Å². The number of carbonyl (C=O) groups excluding carboxylic acids is 1. The molecule has 1 aromatic heterocycles. The molecule has 0 N–H and O–H groups in total. The van der Waals surface area contributed by atoms with Gasteiger partial charge in [-0.3, -0.25) is 4.57 Å². The van der Waals surface area contributed by atoms with Gasteiger partial charge in [-0.15, -0.1) is 5.54 Å². The van der Waals surface area contributed by atoms with Crippen molar-refractivity contribution in [2.24, 2.45) is 0 Å². The van der Waals surface area contributed by atoms with Crippen LogP contribution >= 0.6 is 0 Å². The first kappa shape index (κ1) is 16.4. The number of aromatic nitrogens is 1. The summed E-state index contributed by atoms with van der Waals surface area (Å²) in [6.07, 6.45) is 1.41. The van der Waals surface area contributed by atoms with Crippen LogP contribution in [-0.4, -0.2) is 24.3 Å². The van der Waals surface area contributed by atoms with E-state index in [9.17, 15) is 4.79 Å². The predicted octanol–water partition coefficient (Wildman–Crippen LogP) is 4.65. The van der Waals surface area contributed by atoms with Crippen molar-refractivity contribution >= 4 is 25.1 Å². The molecule has 0 fully saturated rings. The van der Waals surface area contributed by atoms with Crippen molar-refractivity contribution in [1.29, 1.82) is 0 Å². The number of benzene rings is 1. The van der Waals surface area contributed by atoms with Gasteiger partial charge in [0.15, 0.2) is 0 Å². The minimum Gasteiger partial charge on any atom is -0.443 e. The highest BCUT2D eigenvalue weighted by Gasteiger charge is 2.20. The zero-order chi connectivity index (χ0) is 16.5. The fourth-order valence-electron chi connectivity index (χ4n) is 2.00. The SMILES string of the molecule is CC(C)(C)OC(=O)n1cc(C#C[Si](C)(C)C)c2ccccc21. The molecule has 1 aromatic carbocycles. The van der Waals surface area contributed by atoms with Crippen LogP contribution in [0.4, 0.5) is 4.79 Å². The monoisotopic (exact) mass is 313 g/mol. The number of rotatable bonds is 0. The lowest BCUT2D eigenvalue weighted by molar-refractivity contribution is 0.0544. The average molecular weight is 313 g/mol. The molecule has 0 aliphatic rings. The normalized spacial score (nSPS) is 11.9. The summed E-state index contributed by atoms with van der Waals surface area (Å²) in [4.78, 5) is 12.4. The Hall–Kier alpha value is -1.99. The van der Waals surface area contributed by atoms with Gasteiger partial charge in [-0.05, 0) is 26.8 Å². The van der Waals surface area contributed by atoms with Crippen molar-refractivity contribution < 1.29 is 9.53 Å². The zero-order valence-corrected chi connectivity index (χ0v) is 15.2. The quantitative estimate of drug-likeness (QED) is 0.523. The maximum atomic E-state index is 12.4. The first-order valence-electron chi connectivity index (χ1n) is 7.43. The Morgan fingerprint density at radius 2 is 1.82 bits per heavy atom. The molecule has 0 saturated carbocycles. The molecular weight excluding hydrogens is 290 g/mol. The van der Waals surface area contributed by atoms with E-state index in [0.717, 1.165) is 16.5 Å². The van der Waals surface area contributed by atoms with E-state index in [4.69, 9.17) is 4.74 Å². The maximum absolute atomic E-state index is 12.4. The Kier molecular flexibility index (Phi) is 4.21. The molecule has 0 spiro atoms. The van der Waals surface area contributed by atoms with Crippen molar-refractivity contribution in [1.82, 2.24) is 4.57 Å². The second-order valence-corrected chi connectivity index (χ2v) is 12.2. The van der Waals surface area contributed by atoms with E-state index in [0.29, 0.717) is 0 Å². The second kappa shape index (κ2) is 5.66. The highest BCUT2D eigenvalue weighted by Crippen LogP contribution is 2.22. The summed E-state index contributed by atoms with van der Waals surface area (Å²) < 4.78 is 7.03. The van der Waals surface area contributed by atoms with Crippen LogP contribution < -0.4 is 0 Å². The fourth-order valence-corrected chi connectivity index (χ4v) is 2.51.